The number of aromatic nitrogens is 2. The van der Waals surface area contributed by atoms with Crippen molar-refractivity contribution >= 4 is 23.3 Å². The molecule has 2 heterocycles. The van der Waals surface area contributed by atoms with Crippen molar-refractivity contribution < 1.29 is 9.13 Å². The number of aryl methyl sites for hydroxylation is 1. The Hall–Kier alpha value is -2.07. The minimum atomic E-state index is -0.279. The van der Waals surface area contributed by atoms with Crippen LogP contribution in [-0.4, -0.2) is 9.55 Å². The summed E-state index contributed by atoms with van der Waals surface area (Å²) in [6.45, 7) is 9.53. The Morgan fingerprint density at radius 3 is 2.42 bits per heavy atom. The van der Waals surface area contributed by atoms with Crippen molar-refractivity contribution in [1.29, 1.82) is 0 Å². The number of hydrogen-bond donors (Lipinski definition) is 0. The first-order valence-electron chi connectivity index (χ1n) is 7.85. The maximum atomic E-state index is 13.1. The highest BCUT2D eigenvalue weighted by atomic mass is 35.5. The predicted molar refractivity (Wildman–Crippen MR) is 97.8 cm³/mol. The van der Waals surface area contributed by atoms with Crippen LogP contribution in [0.2, 0.25) is 0 Å². The molecular weight excluding hydrogens is 327 g/mol. The molecule has 3 aromatic rings. The molecule has 24 heavy (non-hydrogen) atoms. The summed E-state index contributed by atoms with van der Waals surface area (Å²) in [5.41, 5.74) is 3.47. The summed E-state index contributed by atoms with van der Waals surface area (Å²) in [4.78, 5) is 4.41. The number of halogens is 2. The molecule has 0 saturated heterocycles. The third kappa shape index (κ3) is 3.39. The first-order chi connectivity index (χ1) is 11.0. The Morgan fingerprint density at radius 2 is 1.79 bits per heavy atom. The van der Waals surface area contributed by atoms with Crippen LogP contribution in [-0.2, 0) is 6.54 Å². The summed E-state index contributed by atoms with van der Waals surface area (Å²) in [5.74, 6) is 1.38. The van der Waals surface area contributed by atoms with Gasteiger partial charge in [0.05, 0.1) is 0 Å². The van der Waals surface area contributed by atoms with Gasteiger partial charge in [0.2, 0.25) is 5.88 Å². The van der Waals surface area contributed by atoms with Crippen LogP contribution in [0.25, 0.3) is 10.9 Å². The number of ether oxygens (including phenoxy) is 1. The van der Waals surface area contributed by atoms with Crippen LogP contribution in [0.4, 0.5) is 4.39 Å². The monoisotopic (exact) mass is 348 g/mol. The van der Waals surface area contributed by atoms with Crippen molar-refractivity contribution in [2.75, 3.05) is 0 Å². The molecule has 0 saturated carbocycles. The Bertz CT molecular complexity index is 841. The molecule has 0 spiro atoms. The molecule has 0 atom stereocenters. The molecule has 0 radical (unpaired) electrons. The summed E-state index contributed by atoms with van der Waals surface area (Å²) in [7, 11) is 0. The van der Waals surface area contributed by atoms with Gasteiger partial charge in [-0.05, 0) is 55.7 Å². The fourth-order valence-electron chi connectivity index (χ4n) is 2.85. The Labute approximate surface area is 147 Å². The first kappa shape index (κ1) is 18.3. The largest absolute Gasteiger partial charge is 0.437 e. The highest BCUT2D eigenvalue weighted by Gasteiger charge is 2.17. The zero-order valence-corrected chi connectivity index (χ0v) is 15.2. The fraction of sp³-hybridized carbons (Fsp3) is 0.316. The Morgan fingerprint density at radius 1 is 1.12 bits per heavy atom. The third-order valence-electron chi connectivity index (χ3n) is 4.09. The molecular formula is C19H22ClFN2O. The van der Waals surface area contributed by atoms with E-state index in [1.54, 1.807) is 18.3 Å². The van der Waals surface area contributed by atoms with Gasteiger partial charge < -0.3 is 9.30 Å². The van der Waals surface area contributed by atoms with Gasteiger partial charge in [0.25, 0.3) is 0 Å². The number of fused-ring (bicyclic) bond motifs is 1. The molecule has 0 amide bonds. The number of rotatable bonds is 4. The smallest absolute Gasteiger partial charge is 0.244 e. The number of hydrogen-bond acceptors (Lipinski definition) is 2. The van der Waals surface area contributed by atoms with Crippen molar-refractivity contribution in [1.82, 2.24) is 9.55 Å². The Balaban J connectivity index is 0.00000208. The van der Waals surface area contributed by atoms with Gasteiger partial charge in [0.15, 0.2) is 0 Å². The normalized spacial score (nSPS) is 10.9. The zero-order valence-electron chi connectivity index (χ0n) is 14.3. The van der Waals surface area contributed by atoms with Crippen molar-refractivity contribution in [3.63, 3.8) is 0 Å². The number of pyridine rings is 1. The van der Waals surface area contributed by atoms with Crippen LogP contribution in [0.5, 0.6) is 11.6 Å². The summed E-state index contributed by atoms with van der Waals surface area (Å²) in [6.07, 6.45) is 1.76. The Kier molecular flexibility index (Phi) is 5.50. The lowest BCUT2D eigenvalue weighted by molar-refractivity contribution is 0.458. The van der Waals surface area contributed by atoms with Crippen LogP contribution in [0.3, 0.4) is 0 Å². The second-order valence-electron chi connectivity index (χ2n) is 6.28. The van der Waals surface area contributed by atoms with Crippen molar-refractivity contribution in [3.8, 4) is 11.6 Å². The van der Waals surface area contributed by atoms with Crippen LogP contribution >= 0.6 is 12.4 Å². The van der Waals surface area contributed by atoms with E-state index in [-0.39, 0.29) is 18.2 Å². The summed E-state index contributed by atoms with van der Waals surface area (Å²) < 4.78 is 21.3. The van der Waals surface area contributed by atoms with Crippen LogP contribution in [0.1, 0.15) is 25.1 Å². The van der Waals surface area contributed by atoms with E-state index in [1.165, 1.54) is 23.4 Å². The summed E-state index contributed by atoms with van der Waals surface area (Å²) >= 11 is 0. The quantitative estimate of drug-likeness (QED) is 0.608. The van der Waals surface area contributed by atoms with Gasteiger partial charge in [0, 0.05) is 23.8 Å². The molecule has 128 valence electrons. The molecule has 3 rings (SSSR count). The van der Waals surface area contributed by atoms with E-state index < -0.39 is 0 Å². The van der Waals surface area contributed by atoms with Gasteiger partial charge in [-0.1, -0.05) is 13.8 Å². The zero-order chi connectivity index (χ0) is 16.6. The molecule has 0 aliphatic heterocycles. The molecule has 5 heteroatoms. The lowest BCUT2D eigenvalue weighted by Gasteiger charge is -2.13. The van der Waals surface area contributed by atoms with E-state index >= 15 is 0 Å². The van der Waals surface area contributed by atoms with Gasteiger partial charge in [-0.15, -0.1) is 12.4 Å². The van der Waals surface area contributed by atoms with E-state index in [4.69, 9.17) is 4.74 Å². The SMILES string of the molecule is Cc1c(C)n(CC(C)C)c2c(Oc3ccc(F)cc3)nccc12.Cl. The lowest BCUT2D eigenvalue weighted by Crippen LogP contribution is -2.07. The van der Waals surface area contributed by atoms with E-state index in [2.05, 4.69) is 37.2 Å². The second-order valence-corrected chi connectivity index (χ2v) is 6.28. The van der Waals surface area contributed by atoms with E-state index in [1.807, 2.05) is 6.07 Å². The highest BCUT2D eigenvalue weighted by molar-refractivity contribution is 5.89. The summed E-state index contributed by atoms with van der Waals surface area (Å²) in [6, 6.07) is 8.03. The first-order valence-corrected chi connectivity index (χ1v) is 7.85. The van der Waals surface area contributed by atoms with Gasteiger partial charge in [-0.25, -0.2) is 9.37 Å². The lowest BCUT2D eigenvalue weighted by atomic mass is 10.2. The van der Waals surface area contributed by atoms with E-state index in [9.17, 15) is 4.39 Å². The minimum Gasteiger partial charge on any atom is -0.437 e. The number of nitrogens with zero attached hydrogens (tertiary/aromatic N) is 2. The van der Waals surface area contributed by atoms with Gasteiger partial charge in [0.1, 0.15) is 17.1 Å². The molecule has 0 N–H and O–H groups in total. The van der Waals surface area contributed by atoms with Crippen LogP contribution in [0.15, 0.2) is 36.5 Å². The van der Waals surface area contributed by atoms with Gasteiger partial charge in [-0.3, -0.25) is 0 Å². The molecule has 2 aromatic heterocycles. The van der Waals surface area contributed by atoms with Crippen LogP contribution in [0, 0.1) is 25.6 Å². The molecule has 1 aromatic carbocycles. The maximum absolute atomic E-state index is 13.1. The average Bonchev–Trinajstić information content (AvgIpc) is 2.75. The molecule has 0 fully saturated rings. The highest BCUT2D eigenvalue weighted by Crippen LogP contribution is 2.33. The van der Waals surface area contributed by atoms with Gasteiger partial charge >= 0.3 is 0 Å². The molecule has 0 bridgehead atoms. The van der Waals surface area contributed by atoms with Crippen LogP contribution < -0.4 is 4.74 Å². The van der Waals surface area contributed by atoms with Crippen molar-refractivity contribution in [2.45, 2.75) is 34.2 Å². The minimum absolute atomic E-state index is 0. The van der Waals surface area contributed by atoms with Gasteiger partial charge in [-0.2, -0.15) is 0 Å². The molecule has 3 nitrogen and oxygen atoms in total. The molecule has 0 aliphatic carbocycles. The second kappa shape index (κ2) is 7.22. The fourth-order valence-corrected chi connectivity index (χ4v) is 2.85. The van der Waals surface area contributed by atoms with Crippen molar-refractivity contribution in [3.05, 3.63) is 53.6 Å². The number of benzene rings is 1. The topological polar surface area (TPSA) is 27.1 Å². The maximum Gasteiger partial charge on any atom is 0.244 e. The standard InChI is InChI=1S/C19H21FN2O.ClH/c1-12(2)11-22-14(4)13(3)17-9-10-21-19(18(17)22)23-16-7-5-15(20)6-8-16;/h5-10,12H,11H2,1-4H3;1H. The van der Waals surface area contributed by atoms with E-state index in [0.29, 0.717) is 17.5 Å². The summed E-state index contributed by atoms with van der Waals surface area (Å²) in [5, 5.41) is 1.15. The van der Waals surface area contributed by atoms with E-state index in [0.717, 1.165) is 17.4 Å². The molecule has 0 aliphatic rings. The molecule has 0 unspecified atom stereocenters. The average molecular weight is 349 g/mol. The predicted octanol–water partition coefficient (Wildman–Crippen LogP) is 5.66. The third-order valence-corrected chi connectivity index (χ3v) is 4.09. The van der Waals surface area contributed by atoms with Crippen molar-refractivity contribution in [2.24, 2.45) is 5.92 Å².